The van der Waals surface area contributed by atoms with Crippen molar-refractivity contribution in [3.63, 3.8) is 0 Å². The molecule has 4 saturated heterocycles. The molecule has 10 nitrogen and oxygen atoms in total. The fourth-order valence-corrected chi connectivity index (χ4v) is 6.78. The zero-order valence-corrected chi connectivity index (χ0v) is 19.8. The molecule has 186 valence electrons. The quantitative estimate of drug-likeness (QED) is 0.598. The number of amides is 3. The van der Waals surface area contributed by atoms with E-state index in [4.69, 9.17) is 13.9 Å². The number of piperidine rings is 1. The van der Waals surface area contributed by atoms with Gasteiger partial charge >= 0.3 is 6.09 Å². The minimum absolute atomic E-state index is 0.0563. The number of furan rings is 1. The van der Waals surface area contributed by atoms with Gasteiger partial charge in [0, 0.05) is 38.5 Å². The first-order chi connectivity index (χ1) is 16.9. The molecular formula is C25H29N3O7. The van der Waals surface area contributed by atoms with Gasteiger partial charge in [-0.3, -0.25) is 14.4 Å². The predicted octanol–water partition coefficient (Wildman–Crippen LogP) is 1.38. The molecule has 2 bridgehead atoms. The Kier molecular flexibility index (Phi) is 5.07. The lowest BCUT2D eigenvalue weighted by Gasteiger charge is -2.43. The highest BCUT2D eigenvalue weighted by Crippen LogP contribution is 2.60. The number of ether oxygens (including phenoxy) is 2. The Morgan fingerprint density at radius 1 is 1.17 bits per heavy atom. The van der Waals surface area contributed by atoms with Crippen LogP contribution >= 0.6 is 0 Å². The minimum Gasteiger partial charge on any atom is -0.467 e. The van der Waals surface area contributed by atoms with Crippen LogP contribution < -0.4 is 0 Å². The average molecular weight is 484 g/mol. The monoisotopic (exact) mass is 483 g/mol. The Bertz CT molecular complexity index is 1090. The van der Waals surface area contributed by atoms with Crippen molar-refractivity contribution in [2.75, 3.05) is 32.8 Å². The number of rotatable bonds is 3. The number of ketones is 1. The Hall–Kier alpha value is -3.14. The van der Waals surface area contributed by atoms with E-state index in [9.17, 15) is 19.2 Å². The first-order valence-corrected chi connectivity index (χ1v) is 12.3. The van der Waals surface area contributed by atoms with Gasteiger partial charge in [-0.1, -0.05) is 19.1 Å². The third-order valence-corrected chi connectivity index (χ3v) is 8.35. The van der Waals surface area contributed by atoms with E-state index in [0.29, 0.717) is 38.5 Å². The Balaban J connectivity index is 1.28. The number of hydrogen-bond donors (Lipinski definition) is 0. The third-order valence-electron chi connectivity index (χ3n) is 8.35. The lowest BCUT2D eigenvalue weighted by molar-refractivity contribution is -0.150. The van der Waals surface area contributed by atoms with E-state index in [1.165, 1.54) is 6.26 Å². The van der Waals surface area contributed by atoms with Gasteiger partial charge in [0.25, 0.3) is 0 Å². The van der Waals surface area contributed by atoms with Crippen LogP contribution in [0.2, 0.25) is 0 Å². The molecule has 0 radical (unpaired) electrons. The Morgan fingerprint density at radius 3 is 2.60 bits per heavy atom. The smallest absolute Gasteiger partial charge is 0.409 e. The summed E-state index contributed by atoms with van der Waals surface area (Å²) in [6, 6.07) is 2.53. The molecular weight excluding hydrogens is 454 g/mol. The maximum atomic E-state index is 14.0. The average Bonchev–Trinajstić information content (AvgIpc) is 3.64. The molecule has 6 heterocycles. The lowest BCUT2D eigenvalue weighted by Crippen LogP contribution is -2.55. The van der Waals surface area contributed by atoms with Crippen LogP contribution in [0.3, 0.4) is 0 Å². The summed E-state index contributed by atoms with van der Waals surface area (Å²) in [6.45, 7) is 5.40. The molecule has 5 aliphatic rings. The van der Waals surface area contributed by atoms with Crippen molar-refractivity contribution in [3.8, 4) is 0 Å². The maximum Gasteiger partial charge on any atom is 0.409 e. The number of fused-ring (bicyclic) bond motifs is 2. The van der Waals surface area contributed by atoms with E-state index in [1.807, 2.05) is 19.1 Å². The highest BCUT2D eigenvalue weighted by molar-refractivity contribution is 5.96. The van der Waals surface area contributed by atoms with Crippen molar-refractivity contribution in [2.24, 2.45) is 17.8 Å². The topological polar surface area (TPSA) is 110 Å². The van der Waals surface area contributed by atoms with Gasteiger partial charge in [0.15, 0.2) is 0 Å². The van der Waals surface area contributed by atoms with Crippen LogP contribution in [0.5, 0.6) is 0 Å². The summed E-state index contributed by atoms with van der Waals surface area (Å²) in [5.41, 5.74) is -1.00. The second-order valence-electron chi connectivity index (χ2n) is 9.99. The van der Waals surface area contributed by atoms with Gasteiger partial charge in [-0.05, 0) is 19.1 Å². The molecule has 35 heavy (non-hydrogen) atoms. The van der Waals surface area contributed by atoms with E-state index in [0.717, 1.165) is 0 Å². The Labute approximate surface area is 202 Å². The first-order valence-electron chi connectivity index (χ1n) is 12.3. The standard InChI is InChI=1S/C25H29N3O7/c1-3-33-24(32)27-10-8-26(9-11-27)22(30)19-18-6-7-25(35-18)20(19)23(31)28-15(17-5-4-12-34-17)13-16(29)14(2)21(25)28/h4-7,12,14-15,18-21H,3,8-11,13H2,1-2H3. The number of hydrogen-bond acceptors (Lipinski definition) is 7. The molecule has 7 atom stereocenters. The number of carbonyl (C=O) groups excluding carboxylic acids is 4. The summed E-state index contributed by atoms with van der Waals surface area (Å²) in [6.07, 6.45) is 4.61. The zero-order valence-electron chi connectivity index (χ0n) is 19.8. The summed E-state index contributed by atoms with van der Waals surface area (Å²) < 4.78 is 17.1. The van der Waals surface area contributed by atoms with Crippen molar-refractivity contribution in [1.82, 2.24) is 14.7 Å². The van der Waals surface area contributed by atoms with Crippen LogP contribution in [0.15, 0.2) is 35.0 Å². The summed E-state index contributed by atoms with van der Waals surface area (Å²) in [4.78, 5) is 57.9. The maximum absolute atomic E-state index is 14.0. The zero-order chi connectivity index (χ0) is 24.5. The van der Waals surface area contributed by atoms with Crippen LogP contribution in [-0.4, -0.2) is 88.9 Å². The fraction of sp³-hybridized carbons (Fsp3) is 0.600. The van der Waals surface area contributed by atoms with Crippen LogP contribution in [0, 0.1) is 17.8 Å². The molecule has 0 N–H and O–H groups in total. The van der Waals surface area contributed by atoms with Crippen molar-refractivity contribution in [3.05, 3.63) is 36.3 Å². The Morgan fingerprint density at radius 2 is 1.91 bits per heavy atom. The molecule has 5 aliphatic heterocycles. The number of Topliss-reactive ketones (excluding diaryl/α,β-unsaturated/α-hetero) is 1. The summed E-state index contributed by atoms with van der Waals surface area (Å²) in [5, 5.41) is 0. The number of carbonyl (C=O) groups is 4. The van der Waals surface area contributed by atoms with E-state index >= 15 is 0 Å². The largest absolute Gasteiger partial charge is 0.467 e. The van der Waals surface area contributed by atoms with E-state index in [1.54, 1.807) is 33.8 Å². The van der Waals surface area contributed by atoms with Crippen molar-refractivity contribution in [1.29, 1.82) is 0 Å². The summed E-state index contributed by atoms with van der Waals surface area (Å²) in [7, 11) is 0. The van der Waals surface area contributed by atoms with Crippen LogP contribution in [-0.2, 0) is 23.9 Å². The second-order valence-corrected chi connectivity index (χ2v) is 9.99. The van der Waals surface area contributed by atoms with E-state index in [-0.39, 0.29) is 30.1 Å². The number of nitrogens with zero attached hydrogens (tertiary/aromatic N) is 3. The summed E-state index contributed by atoms with van der Waals surface area (Å²) in [5.74, 6) is -1.45. The van der Waals surface area contributed by atoms with Gasteiger partial charge in [-0.25, -0.2) is 4.79 Å². The molecule has 7 unspecified atom stereocenters. The predicted molar refractivity (Wildman–Crippen MR) is 120 cm³/mol. The molecule has 0 saturated carbocycles. The fourth-order valence-electron chi connectivity index (χ4n) is 6.78. The molecule has 3 amide bonds. The second kappa shape index (κ2) is 7.94. The first kappa shape index (κ1) is 22.3. The van der Waals surface area contributed by atoms with Crippen molar-refractivity contribution >= 4 is 23.7 Å². The van der Waals surface area contributed by atoms with Gasteiger partial charge in [-0.2, -0.15) is 0 Å². The van der Waals surface area contributed by atoms with Gasteiger partial charge in [-0.15, -0.1) is 0 Å². The molecule has 4 fully saturated rings. The van der Waals surface area contributed by atoms with E-state index < -0.39 is 41.5 Å². The van der Waals surface area contributed by atoms with Crippen LogP contribution in [0.4, 0.5) is 4.79 Å². The van der Waals surface area contributed by atoms with Gasteiger partial charge in [0.2, 0.25) is 11.8 Å². The van der Waals surface area contributed by atoms with Gasteiger partial charge in [0.05, 0.1) is 42.9 Å². The molecule has 0 aromatic carbocycles. The third kappa shape index (κ3) is 3.05. The van der Waals surface area contributed by atoms with E-state index in [2.05, 4.69) is 0 Å². The molecule has 1 aromatic rings. The number of piperazine rings is 1. The van der Waals surface area contributed by atoms with Crippen molar-refractivity contribution in [2.45, 2.75) is 44.1 Å². The van der Waals surface area contributed by atoms with Gasteiger partial charge < -0.3 is 28.6 Å². The SMILES string of the molecule is CCOC(=O)N1CCN(C(=O)C2C3C=CC4(O3)C2C(=O)N2C(c3ccco3)CC(=O)C(C)C24)CC1. The highest BCUT2D eigenvalue weighted by atomic mass is 16.6. The van der Waals surface area contributed by atoms with Crippen molar-refractivity contribution < 1.29 is 33.1 Å². The highest BCUT2D eigenvalue weighted by Gasteiger charge is 2.74. The minimum atomic E-state index is -1.00. The lowest BCUT2D eigenvalue weighted by atomic mass is 9.70. The molecule has 6 rings (SSSR count). The van der Waals surface area contributed by atoms with Gasteiger partial charge in [0.1, 0.15) is 17.1 Å². The normalized spacial score (nSPS) is 37.6. The molecule has 10 heteroatoms. The van der Waals surface area contributed by atoms with Crippen LogP contribution in [0.1, 0.15) is 32.1 Å². The summed E-state index contributed by atoms with van der Waals surface area (Å²) >= 11 is 0. The molecule has 0 aliphatic carbocycles. The molecule has 1 spiro atoms. The van der Waals surface area contributed by atoms with Crippen LogP contribution in [0.25, 0.3) is 0 Å². The molecule has 1 aromatic heterocycles.